The molecule has 0 fully saturated rings. The number of aryl methyl sites for hydroxylation is 1. The Morgan fingerprint density at radius 2 is 1.86 bits per heavy atom. The van der Waals surface area contributed by atoms with Crippen molar-refractivity contribution in [1.29, 1.82) is 0 Å². The highest BCUT2D eigenvalue weighted by Crippen LogP contribution is 2.34. The Balaban J connectivity index is 1.68. The van der Waals surface area contributed by atoms with Crippen LogP contribution in [0.3, 0.4) is 0 Å². The van der Waals surface area contributed by atoms with Crippen LogP contribution in [0.1, 0.15) is 56.9 Å². The van der Waals surface area contributed by atoms with Gasteiger partial charge in [0.15, 0.2) is 17.1 Å². The van der Waals surface area contributed by atoms with Crippen molar-refractivity contribution in [2.45, 2.75) is 38.5 Å². The summed E-state index contributed by atoms with van der Waals surface area (Å²) in [7, 11) is 6.31. The minimum absolute atomic E-state index is 0.0220. The van der Waals surface area contributed by atoms with E-state index in [0.29, 0.717) is 21.4 Å². The van der Waals surface area contributed by atoms with Crippen LogP contribution >= 0.6 is 23.1 Å². The maximum Gasteiger partial charge on any atom is 0.341 e. The second-order valence-electron chi connectivity index (χ2n) is 8.45. The van der Waals surface area contributed by atoms with Crippen molar-refractivity contribution in [1.82, 2.24) is 19.7 Å². The molecule has 0 aliphatic rings. The van der Waals surface area contributed by atoms with Gasteiger partial charge >= 0.3 is 5.97 Å². The van der Waals surface area contributed by atoms with Gasteiger partial charge in [0.2, 0.25) is 5.91 Å². The lowest BCUT2D eigenvalue weighted by atomic mass is 10.1. The van der Waals surface area contributed by atoms with E-state index >= 15 is 0 Å². The highest BCUT2D eigenvalue weighted by atomic mass is 32.2. The Morgan fingerprint density at radius 1 is 1.19 bits per heavy atom. The summed E-state index contributed by atoms with van der Waals surface area (Å²) in [5.41, 5.74) is 1.87. The highest BCUT2D eigenvalue weighted by Gasteiger charge is 2.27. The molecule has 0 spiro atoms. The van der Waals surface area contributed by atoms with E-state index in [1.807, 2.05) is 38.2 Å². The second kappa shape index (κ2) is 12.2. The topological polar surface area (TPSA) is 116 Å². The molecule has 3 rings (SSSR count). The van der Waals surface area contributed by atoms with Gasteiger partial charge in [-0.2, -0.15) is 0 Å². The lowest BCUT2D eigenvalue weighted by Crippen LogP contribution is -2.21. The Bertz CT molecular complexity index is 1280. The Kier molecular flexibility index (Phi) is 9.33. The Labute approximate surface area is 224 Å². The number of amides is 2. The summed E-state index contributed by atoms with van der Waals surface area (Å²) in [6.45, 7) is 5.64. The first-order valence-corrected chi connectivity index (χ1v) is 13.4. The van der Waals surface area contributed by atoms with E-state index in [2.05, 4.69) is 22.4 Å². The summed E-state index contributed by atoms with van der Waals surface area (Å²) in [6, 6.07) is 7.91. The largest absolute Gasteiger partial charge is 0.483 e. The average molecular weight is 546 g/mol. The summed E-state index contributed by atoms with van der Waals surface area (Å²) in [5, 5.41) is 12.0. The van der Waals surface area contributed by atoms with Gasteiger partial charge in [0.1, 0.15) is 10.8 Å². The molecule has 2 heterocycles. The Hall–Kier alpha value is -3.38. The molecule has 0 bridgehead atoms. The number of thioether (sulfide) groups is 1. The van der Waals surface area contributed by atoms with Crippen molar-refractivity contribution in [2.24, 2.45) is 7.05 Å². The average Bonchev–Trinajstić information content (AvgIpc) is 3.41. The number of esters is 1. The summed E-state index contributed by atoms with van der Waals surface area (Å²) < 4.78 is 12.7. The fourth-order valence-electron chi connectivity index (χ4n) is 3.52. The number of methoxy groups -OCH3 is 1. The number of aromatic nitrogens is 3. The number of anilines is 1. The van der Waals surface area contributed by atoms with Crippen molar-refractivity contribution in [3.63, 3.8) is 0 Å². The number of ether oxygens (including phenoxy) is 2. The van der Waals surface area contributed by atoms with Crippen LogP contribution in [0.5, 0.6) is 5.75 Å². The summed E-state index contributed by atoms with van der Waals surface area (Å²) in [5.74, 6) is 0.147. The molecule has 12 heteroatoms. The van der Waals surface area contributed by atoms with Gasteiger partial charge in [0.25, 0.3) is 5.91 Å². The third-order valence-electron chi connectivity index (χ3n) is 5.60. The van der Waals surface area contributed by atoms with E-state index in [0.717, 1.165) is 23.5 Å². The van der Waals surface area contributed by atoms with Crippen LogP contribution in [-0.4, -0.2) is 64.4 Å². The minimum atomic E-state index is -0.620. The zero-order valence-corrected chi connectivity index (χ0v) is 23.6. The van der Waals surface area contributed by atoms with E-state index < -0.39 is 5.97 Å². The van der Waals surface area contributed by atoms with Crippen LogP contribution in [-0.2, 0) is 23.0 Å². The molecule has 10 nitrogen and oxygen atoms in total. The number of thiophene rings is 1. The fraction of sp³-hybridized carbons (Fsp3) is 0.400. The number of benzene rings is 1. The van der Waals surface area contributed by atoms with Gasteiger partial charge in [-0.05, 0) is 43.5 Å². The number of nitrogens with zero attached hydrogens (tertiary/aromatic N) is 4. The maximum atomic E-state index is 12.8. The first-order valence-electron chi connectivity index (χ1n) is 11.6. The van der Waals surface area contributed by atoms with Gasteiger partial charge in [0, 0.05) is 21.1 Å². The summed E-state index contributed by atoms with van der Waals surface area (Å²) in [6.07, 6.45) is 0.608. The number of nitrogens with one attached hydrogen (secondary N) is 1. The standard InChI is InChI=1S/C25H31N5O5S2/c1-8-16-9-11-17(12-10-16)35-15(3)21-27-28-25(30(21)6)36-13-18(31)26-22-19(24(33)34-7)14(2)20(37-22)23(32)29(4)5/h9-12,15H,8,13H2,1-7H3,(H,26,31). The van der Waals surface area contributed by atoms with E-state index in [1.165, 1.54) is 29.3 Å². The predicted octanol–water partition coefficient (Wildman–Crippen LogP) is 4.11. The molecule has 2 aromatic heterocycles. The van der Waals surface area contributed by atoms with Crippen molar-refractivity contribution >= 4 is 45.9 Å². The fourth-order valence-corrected chi connectivity index (χ4v) is 5.47. The van der Waals surface area contributed by atoms with Crippen LogP contribution in [0.25, 0.3) is 0 Å². The predicted molar refractivity (Wildman–Crippen MR) is 144 cm³/mol. The molecule has 1 unspecified atom stereocenters. The lowest BCUT2D eigenvalue weighted by molar-refractivity contribution is -0.113. The first kappa shape index (κ1) is 28.2. The molecular formula is C25H31N5O5S2. The molecule has 0 aliphatic carbocycles. The molecule has 1 atom stereocenters. The molecular weight excluding hydrogens is 514 g/mol. The van der Waals surface area contributed by atoms with Gasteiger partial charge in [-0.1, -0.05) is 30.8 Å². The minimum Gasteiger partial charge on any atom is -0.483 e. The van der Waals surface area contributed by atoms with Crippen molar-refractivity contribution in [3.8, 4) is 5.75 Å². The zero-order chi connectivity index (χ0) is 27.3. The maximum absolute atomic E-state index is 12.8. The smallest absolute Gasteiger partial charge is 0.341 e. The molecule has 0 saturated carbocycles. The monoisotopic (exact) mass is 545 g/mol. The third-order valence-corrected chi connectivity index (χ3v) is 7.81. The van der Waals surface area contributed by atoms with Crippen LogP contribution in [0, 0.1) is 6.92 Å². The summed E-state index contributed by atoms with van der Waals surface area (Å²) in [4.78, 5) is 39.4. The number of hydrogen-bond donors (Lipinski definition) is 1. The molecule has 0 radical (unpaired) electrons. The van der Waals surface area contributed by atoms with Crippen LogP contribution in [0.4, 0.5) is 5.00 Å². The quantitative estimate of drug-likeness (QED) is 0.299. The van der Waals surface area contributed by atoms with Gasteiger partial charge in [-0.25, -0.2) is 4.79 Å². The number of carbonyl (C=O) groups is 3. The van der Waals surface area contributed by atoms with E-state index in [1.54, 1.807) is 25.6 Å². The van der Waals surface area contributed by atoms with Crippen molar-refractivity contribution in [2.75, 3.05) is 32.3 Å². The molecule has 2 amide bonds. The number of hydrogen-bond acceptors (Lipinski definition) is 9. The molecule has 0 saturated heterocycles. The zero-order valence-electron chi connectivity index (χ0n) is 21.9. The van der Waals surface area contributed by atoms with Gasteiger partial charge < -0.3 is 24.3 Å². The molecule has 37 heavy (non-hydrogen) atoms. The van der Waals surface area contributed by atoms with Crippen LogP contribution < -0.4 is 10.1 Å². The SMILES string of the molecule is CCc1ccc(OC(C)c2nnc(SCC(=O)Nc3sc(C(=O)N(C)C)c(C)c3C(=O)OC)n2C)cc1. The van der Waals surface area contributed by atoms with E-state index in [-0.39, 0.29) is 34.2 Å². The number of rotatable bonds is 10. The van der Waals surface area contributed by atoms with Crippen LogP contribution in [0.2, 0.25) is 0 Å². The van der Waals surface area contributed by atoms with Gasteiger partial charge in [-0.15, -0.1) is 21.5 Å². The van der Waals surface area contributed by atoms with Gasteiger partial charge in [-0.3, -0.25) is 9.59 Å². The molecule has 0 aliphatic heterocycles. The molecule has 1 aromatic carbocycles. The van der Waals surface area contributed by atoms with Gasteiger partial charge in [0.05, 0.1) is 23.3 Å². The molecule has 198 valence electrons. The van der Waals surface area contributed by atoms with E-state index in [4.69, 9.17) is 9.47 Å². The lowest BCUT2D eigenvalue weighted by Gasteiger charge is -2.14. The normalized spacial score (nSPS) is 11.6. The first-order chi connectivity index (χ1) is 17.6. The van der Waals surface area contributed by atoms with Crippen molar-refractivity contribution < 1.29 is 23.9 Å². The Morgan fingerprint density at radius 3 is 2.46 bits per heavy atom. The highest BCUT2D eigenvalue weighted by molar-refractivity contribution is 7.99. The molecule has 3 aromatic rings. The summed E-state index contributed by atoms with van der Waals surface area (Å²) >= 11 is 2.25. The molecule has 1 N–H and O–H groups in total. The van der Waals surface area contributed by atoms with E-state index in [9.17, 15) is 14.4 Å². The second-order valence-corrected chi connectivity index (χ2v) is 10.4. The number of carbonyl (C=O) groups excluding carboxylic acids is 3. The van der Waals surface area contributed by atoms with Crippen molar-refractivity contribution in [3.05, 3.63) is 51.7 Å². The third kappa shape index (κ3) is 6.50. The van der Waals surface area contributed by atoms with Crippen LogP contribution in [0.15, 0.2) is 29.4 Å².